The van der Waals surface area contributed by atoms with Crippen LogP contribution in [0.15, 0.2) is 30.3 Å². The summed E-state index contributed by atoms with van der Waals surface area (Å²) in [5, 5.41) is 7.94. The van der Waals surface area contributed by atoms with Crippen molar-refractivity contribution in [2.45, 2.75) is 65.0 Å². The predicted octanol–water partition coefficient (Wildman–Crippen LogP) is 4.23. The van der Waals surface area contributed by atoms with E-state index >= 15 is 0 Å². The standard InChI is InChI=1S/C24H33N3O2/c1-15(14-27-17(3)13-16(2)26-27)24(28)25-23-21-8-6-5-7-20(21)22(23)18-9-11-19(29-4)12-10-18/h9-13,15,20-23H,5-8,14H2,1-4H3,(H,25,28)/t15-,20+,21-,22-,23-/m0/s1. The first-order valence-corrected chi connectivity index (χ1v) is 10.9. The van der Waals surface area contributed by atoms with Gasteiger partial charge in [0.2, 0.25) is 5.91 Å². The monoisotopic (exact) mass is 395 g/mol. The van der Waals surface area contributed by atoms with E-state index < -0.39 is 0 Å². The summed E-state index contributed by atoms with van der Waals surface area (Å²) in [5.74, 6) is 2.63. The van der Waals surface area contributed by atoms with Crippen molar-refractivity contribution in [1.29, 1.82) is 0 Å². The number of ether oxygens (including phenoxy) is 1. The summed E-state index contributed by atoms with van der Waals surface area (Å²) in [6, 6.07) is 10.7. The van der Waals surface area contributed by atoms with Crippen LogP contribution in [0.5, 0.6) is 5.75 Å². The number of carbonyl (C=O) groups is 1. The third kappa shape index (κ3) is 3.92. The molecule has 2 fully saturated rings. The van der Waals surface area contributed by atoms with Crippen LogP contribution >= 0.6 is 0 Å². The van der Waals surface area contributed by atoms with E-state index in [1.807, 2.05) is 37.6 Å². The molecule has 5 nitrogen and oxygen atoms in total. The number of methoxy groups -OCH3 is 1. The van der Waals surface area contributed by atoms with Crippen LogP contribution in [0.2, 0.25) is 0 Å². The van der Waals surface area contributed by atoms with Gasteiger partial charge in [0.1, 0.15) is 5.75 Å². The summed E-state index contributed by atoms with van der Waals surface area (Å²) >= 11 is 0. The molecule has 5 heteroatoms. The molecule has 156 valence electrons. The highest BCUT2D eigenvalue weighted by molar-refractivity contribution is 5.79. The average molecular weight is 396 g/mol. The van der Waals surface area contributed by atoms with Crippen LogP contribution in [0.4, 0.5) is 0 Å². The second kappa shape index (κ2) is 8.21. The molecule has 0 aliphatic heterocycles. The maximum Gasteiger partial charge on any atom is 0.224 e. The molecule has 4 rings (SSSR count). The number of aromatic nitrogens is 2. The van der Waals surface area contributed by atoms with Crippen LogP contribution < -0.4 is 10.1 Å². The fraction of sp³-hybridized carbons (Fsp3) is 0.583. The molecule has 2 aliphatic rings. The van der Waals surface area contributed by atoms with Gasteiger partial charge in [-0.2, -0.15) is 5.10 Å². The van der Waals surface area contributed by atoms with Crippen LogP contribution in [-0.2, 0) is 11.3 Å². The van der Waals surface area contributed by atoms with E-state index in [1.54, 1.807) is 7.11 Å². The van der Waals surface area contributed by atoms with Gasteiger partial charge in [0, 0.05) is 17.7 Å². The molecule has 2 aromatic rings. The van der Waals surface area contributed by atoms with Crippen molar-refractivity contribution in [3.05, 3.63) is 47.3 Å². The number of fused-ring (bicyclic) bond motifs is 1. The number of benzene rings is 1. The van der Waals surface area contributed by atoms with Crippen molar-refractivity contribution in [1.82, 2.24) is 15.1 Å². The highest BCUT2D eigenvalue weighted by Crippen LogP contribution is 2.54. The second-order valence-corrected chi connectivity index (χ2v) is 8.96. The Morgan fingerprint density at radius 2 is 1.90 bits per heavy atom. The van der Waals surface area contributed by atoms with Crippen molar-refractivity contribution in [2.24, 2.45) is 17.8 Å². The molecule has 1 aromatic carbocycles. The second-order valence-electron chi connectivity index (χ2n) is 8.96. The Morgan fingerprint density at radius 3 is 2.52 bits per heavy atom. The van der Waals surface area contributed by atoms with Crippen molar-refractivity contribution in [3.63, 3.8) is 0 Å². The molecule has 2 saturated carbocycles. The van der Waals surface area contributed by atoms with E-state index in [1.165, 1.54) is 31.2 Å². The maximum atomic E-state index is 13.0. The molecule has 0 radical (unpaired) electrons. The molecular weight excluding hydrogens is 362 g/mol. The Kier molecular flexibility index (Phi) is 5.66. The van der Waals surface area contributed by atoms with Crippen molar-refractivity contribution in [3.8, 4) is 5.75 Å². The molecular formula is C24H33N3O2. The van der Waals surface area contributed by atoms with Crippen LogP contribution in [-0.4, -0.2) is 28.8 Å². The largest absolute Gasteiger partial charge is 0.497 e. The summed E-state index contributed by atoms with van der Waals surface area (Å²) in [4.78, 5) is 13.0. The molecule has 1 aromatic heterocycles. The number of nitrogens with zero attached hydrogens (tertiary/aromatic N) is 2. The zero-order valence-electron chi connectivity index (χ0n) is 18.0. The quantitative estimate of drug-likeness (QED) is 0.796. The van der Waals surface area contributed by atoms with Gasteiger partial charge in [-0.1, -0.05) is 31.9 Å². The van der Waals surface area contributed by atoms with E-state index in [-0.39, 0.29) is 17.9 Å². The average Bonchev–Trinajstić information content (AvgIpc) is 3.03. The lowest BCUT2D eigenvalue weighted by Crippen LogP contribution is -2.60. The number of rotatable bonds is 6. The molecule has 1 N–H and O–H groups in total. The molecule has 0 unspecified atom stereocenters. The van der Waals surface area contributed by atoms with Crippen molar-refractivity contribution in [2.75, 3.05) is 7.11 Å². The Morgan fingerprint density at radius 1 is 1.21 bits per heavy atom. The van der Waals surface area contributed by atoms with Crippen LogP contribution in [0, 0.1) is 31.6 Å². The van der Waals surface area contributed by atoms with Gasteiger partial charge in [-0.05, 0) is 62.3 Å². The molecule has 1 amide bonds. The zero-order valence-corrected chi connectivity index (χ0v) is 18.0. The highest BCUT2D eigenvalue weighted by atomic mass is 16.5. The van der Waals surface area contributed by atoms with Gasteiger partial charge < -0.3 is 10.1 Å². The number of carbonyl (C=O) groups excluding carboxylic acids is 1. The molecule has 1 heterocycles. The first kappa shape index (κ1) is 20.0. The molecule has 5 atom stereocenters. The minimum absolute atomic E-state index is 0.104. The smallest absolute Gasteiger partial charge is 0.224 e. The number of hydrogen-bond donors (Lipinski definition) is 1. The summed E-state index contributed by atoms with van der Waals surface area (Å²) < 4.78 is 7.27. The number of aryl methyl sites for hydroxylation is 2. The van der Waals surface area contributed by atoms with Gasteiger partial charge in [0.05, 0.1) is 25.3 Å². The van der Waals surface area contributed by atoms with E-state index in [2.05, 4.69) is 28.6 Å². The van der Waals surface area contributed by atoms with E-state index in [9.17, 15) is 4.79 Å². The van der Waals surface area contributed by atoms with Gasteiger partial charge in [0.25, 0.3) is 0 Å². The number of amides is 1. The first-order valence-electron chi connectivity index (χ1n) is 10.9. The fourth-order valence-electron chi connectivity index (χ4n) is 5.45. The normalized spacial score (nSPS) is 26.9. The van der Waals surface area contributed by atoms with E-state index in [0.29, 0.717) is 24.3 Å². The van der Waals surface area contributed by atoms with Gasteiger partial charge >= 0.3 is 0 Å². The van der Waals surface area contributed by atoms with Crippen LogP contribution in [0.3, 0.4) is 0 Å². The van der Waals surface area contributed by atoms with Crippen molar-refractivity contribution >= 4 is 5.91 Å². The lowest BCUT2D eigenvalue weighted by atomic mass is 9.53. The van der Waals surface area contributed by atoms with E-state index in [4.69, 9.17) is 4.74 Å². The first-order chi connectivity index (χ1) is 14.0. The number of hydrogen-bond acceptors (Lipinski definition) is 3. The summed E-state index contributed by atoms with van der Waals surface area (Å²) in [5.41, 5.74) is 3.43. The minimum atomic E-state index is -0.104. The molecule has 2 aliphatic carbocycles. The van der Waals surface area contributed by atoms with Gasteiger partial charge in [-0.25, -0.2) is 0 Å². The molecule has 0 spiro atoms. The highest BCUT2D eigenvalue weighted by Gasteiger charge is 2.51. The predicted molar refractivity (Wildman–Crippen MR) is 114 cm³/mol. The fourth-order valence-corrected chi connectivity index (χ4v) is 5.45. The third-order valence-electron chi connectivity index (χ3n) is 6.99. The zero-order chi connectivity index (χ0) is 20.5. The van der Waals surface area contributed by atoms with E-state index in [0.717, 1.165) is 17.1 Å². The number of nitrogens with one attached hydrogen (secondary N) is 1. The van der Waals surface area contributed by atoms with Gasteiger partial charge in [0.15, 0.2) is 0 Å². The maximum absolute atomic E-state index is 13.0. The van der Waals surface area contributed by atoms with Crippen molar-refractivity contribution < 1.29 is 9.53 Å². The SMILES string of the molecule is COc1ccc([C@H]2[C@@H]3CCCC[C@@H]3[C@@H]2NC(=O)[C@@H](C)Cn2nc(C)cc2C)cc1. The topological polar surface area (TPSA) is 56.1 Å². The Labute approximate surface area is 173 Å². The summed E-state index contributed by atoms with van der Waals surface area (Å²) in [6.45, 7) is 6.67. The lowest BCUT2D eigenvalue weighted by molar-refractivity contribution is -0.128. The Hall–Kier alpha value is -2.30. The molecule has 29 heavy (non-hydrogen) atoms. The molecule has 0 saturated heterocycles. The Balaban J connectivity index is 1.47. The lowest BCUT2D eigenvalue weighted by Gasteiger charge is -2.55. The van der Waals surface area contributed by atoms with Gasteiger partial charge in [-0.3, -0.25) is 9.48 Å². The van der Waals surface area contributed by atoms with Crippen LogP contribution in [0.25, 0.3) is 0 Å². The Bertz CT molecular complexity index is 858. The summed E-state index contributed by atoms with van der Waals surface area (Å²) in [6.07, 6.45) is 5.09. The minimum Gasteiger partial charge on any atom is -0.497 e. The third-order valence-corrected chi connectivity index (χ3v) is 6.99. The van der Waals surface area contributed by atoms with Gasteiger partial charge in [-0.15, -0.1) is 0 Å². The molecule has 0 bridgehead atoms. The van der Waals surface area contributed by atoms with Crippen LogP contribution in [0.1, 0.15) is 55.5 Å². The summed E-state index contributed by atoms with van der Waals surface area (Å²) in [7, 11) is 1.70.